The van der Waals surface area contributed by atoms with Crippen LogP contribution in [0.5, 0.6) is 5.88 Å². The SMILES string of the molecule is CCOc1ncccc1CNC(=NC)N1CCC(Cc2ccccc2)C1.I. The van der Waals surface area contributed by atoms with E-state index < -0.39 is 0 Å². The van der Waals surface area contributed by atoms with Crippen molar-refractivity contribution in [2.45, 2.75) is 26.3 Å². The number of nitrogens with one attached hydrogen (secondary N) is 1. The van der Waals surface area contributed by atoms with Crippen molar-refractivity contribution < 1.29 is 4.74 Å². The number of benzene rings is 1. The lowest BCUT2D eigenvalue weighted by molar-refractivity contribution is 0.322. The second-order valence-electron chi connectivity index (χ2n) is 6.59. The van der Waals surface area contributed by atoms with Gasteiger partial charge in [0, 0.05) is 38.4 Å². The molecule has 3 rings (SSSR count). The predicted octanol–water partition coefficient (Wildman–Crippen LogP) is 3.74. The number of rotatable bonds is 6. The van der Waals surface area contributed by atoms with Crippen LogP contribution in [0, 0.1) is 5.92 Å². The van der Waals surface area contributed by atoms with Gasteiger partial charge < -0.3 is 15.0 Å². The van der Waals surface area contributed by atoms with Gasteiger partial charge in [-0.15, -0.1) is 24.0 Å². The number of ether oxygens (including phenoxy) is 1. The topological polar surface area (TPSA) is 49.8 Å². The highest BCUT2D eigenvalue weighted by molar-refractivity contribution is 14.0. The molecule has 1 saturated heterocycles. The van der Waals surface area contributed by atoms with Crippen molar-refractivity contribution in [1.29, 1.82) is 0 Å². The van der Waals surface area contributed by atoms with Crippen LogP contribution in [0.4, 0.5) is 0 Å². The van der Waals surface area contributed by atoms with Gasteiger partial charge in [-0.1, -0.05) is 36.4 Å². The number of aromatic nitrogens is 1. The van der Waals surface area contributed by atoms with Gasteiger partial charge in [-0.05, 0) is 37.3 Å². The molecule has 0 saturated carbocycles. The number of pyridine rings is 1. The van der Waals surface area contributed by atoms with E-state index in [-0.39, 0.29) is 24.0 Å². The molecule has 0 amide bonds. The van der Waals surface area contributed by atoms with Crippen molar-refractivity contribution in [3.05, 3.63) is 59.8 Å². The molecule has 2 heterocycles. The van der Waals surface area contributed by atoms with Gasteiger partial charge in [0.2, 0.25) is 5.88 Å². The van der Waals surface area contributed by atoms with Crippen LogP contribution < -0.4 is 10.1 Å². The summed E-state index contributed by atoms with van der Waals surface area (Å²) in [4.78, 5) is 11.1. The Morgan fingerprint density at radius 2 is 2.07 bits per heavy atom. The molecule has 1 aromatic heterocycles. The summed E-state index contributed by atoms with van der Waals surface area (Å²) in [6.07, 6.45) is 4.09. The van der Waals surface area contributed by atoms with Crippen molar-refractivity contribution in [1.82, 2.24) is 15.2 Å². The smallest absolute Gasteiger partial charge is 0.218 e. The molecule has 1 aromatic carbocycles. The molecule has 6 heteroatoms. The number of aliphatic imine (C=N–C) groups is 1. The lowest BCUT2D eigenvalue weighted by Gasteiger charge is -2.22. The standard InChI is InChI=1S/C21H28N4O.HI/c1-3-26-20-19(10-7-12-23-20)15-24-21(22-2)25-13-11-18(16-25)14-17-8-5-4-6-9-17;/h4-10,12,18H,3,11,13-16H2,1-2H3,(H,22,24);1H. The molecular weight excluding hydrogens is 451 g/mol. The Hall–Kier alpha value is -1.83. The molecule has 2 aromatic rings. The lowest BCUT2D eigenvalue weighted by atomic mass is 9.99. The van der Waals surface area contributed by atoms with E-state index in [0.29, 0.717) is 24.9 Å². The second-order valence-corrected chi connectivity index (χ2v) is 6.59. The molecule has 0 bridgehead atoms. The first kappa shape index (κ1) is 21.5. The van der Waals surface area contributed by atoms with Crippen LogP contribution in [0.3, 0.4) is 0 Å². The largest absolute Gasteiger partial charge is 0.478 e. The average molecular weight is 480 g/mol. The minimum Gasteiger partial charge on any atom is -0.478 e. The fraction of sp³-hybridized carbons (Fsp3) is 0.429. The number of nitrogens with zero attached hydrogens (tertiary/aromatic N) is 3. The third-order valence-corrected chi connectivity index (χ3v) is 4.73. The van der Waals surface area contributed by atoms with Crippen molar-refractivity contribution in [2.75, 3.05) is 26.7 Å². The molecule has 0 spiro atoms. The maximum Gasteiger partial charge on any atom is 0.218 e. The van der Waals surface area contributed by atoms with Crippen LogP contribution in [0.1, 0.15) is 24.5 Å². The molecule has 1 atom stereocenters. The summed E-state index contributed by atoms with van der Waals surface area (Å²) in [6.45, 7) is 5.34. The summed E-state index contributed by atoms with van der Waals surface area (Å²) in [5.74, 6) is 2.32. The van der Waals surface area contributed by atoms with Crippen LogP contribution in [0.2, 0.25) is 0 Å². The van der Waals surface area contributed by atoms with Crippen LogP contribution in [0.15, 0.2) is 53.7 Å². The molecule has 1 unspecified atom stereocenters. The van der Waals surface area contributed by atoms with Crippen LogP contribution in [-0.4, -0.2) is 42.6 Å². The van der Waals surface area contributed by atoms with Crippen molar-refractivity contribution in [3.8, 4) is 5.88 Å². The Morgan fingerprint density at radius 3 is 2.81 bits per heavy atom. The Balaban J connectivity index is 0.00000261. The number of hydrogen-bond donors (Lipinski definition) is 1. The molecule has 0 aliphatic carbocycles. The number of guanidine groups is 1. The molecule has 1 aliphatic rings. The van der Waals surface area contributed by atoms with Gasteiger partial charge in [-0.2, -0.15) is 0 Å². The van der Waals surface area contributed by atoms with Crippen LogP contribution >= 0.6 is 24.0 Å². The highest BCUT2D eigenvalue weighted by Crippen LogP contribution is 2.21. The zero-order chi connectivity index (χ0) is 18.2. The molecule has 1 fully saturated rings. The maximum atomic E-state index is 5.61. The van der Waals surface area contributed by atoms with Crippen molar-refractivity contribution in [3.63, 3.8) is 0 Å². The Bertz CT molecular complexity index is 723. The number of halogens is 1. The number of hydrogen-bond acceptors (Lipinski definition) is 3. The van der Waals surface area contributed by atoms with Crippen molar-refractivity contribution >= 4 is 29.9 Å². The molecule has 27 heavy (non-hydrogen) atoms. The summed E-state index contributed by atoms with van der Waals surface area (Å²) in [5, 5.41) is 3.47. The van der Waals surface area contributed by atoms with Crippen LogP contribution in [0.25, 0.3) is 0 Å². The molecule has 1 N–H and O–H groups in total. The van der Waals surface area contributed by atoms with Gasteiger partial charge in [0.25, 0.3) is 0 Å². The van der Waals surface area contributed by atoms with E-state index in [9.17, 15) is 0 Å². The highest BCUT2D eigenvalue weighted by Gasteiger charge is 2.25. The first-order valence-corrected chi connectivity index (χ1v) is 9.36. The summed E-state index contributed by atoms with van der Waals surface area (Å²) in [7, 11) is 1.85. The molecule has 5 nitrogen and oxygen atoms in total. The van der Waals surface area contributed by atoms with E-state index >= 15 is 0 Å². The summed E-state index contributed by atoms with van der Waals surface area (Å²) in [6, 6.07) is 14.7. The summed E-state index contributed by atoms with van der Waals surface area (Å²) >= 11 is 0. The minimum atomic E-state index is 0. The van der Waals surface area contributed by atoms with Gasteiger partial charge in [-0.3, -0.25) is 4.99 Å². The first-order valence-electron chi connectivity index (χ1n) is 9.36. The highest BCUT2D eigenvalue weighted by atomic mass is 127. The van der Waals surface area contributed by atoms with Gasteiger partial charge in [0.15, 0.2) is 5.96 Å². The van der Waals surface area contributed by atoms with Crippen LogP contribution in [-0.2, 0) is 13.0 Å². The molecule has 0 radical (unpaired) electrons. The fourth-order valence-corrected chi connectivity index (χ4v) is 3.47. The monoisotopic (exact) mass is 480 g/mol. The lowest BCUT2D eigenvalue weighted by Crippen LogP contribution is -2.39. The van der Waals surface area contributed by atoms with E-state index in [2.05, 4.69) is 50.5 Å². The third kappa shape index (κ3) is 6.09. The van der Waals surface area contributed by atoms with E-state index in [1.807, 2.05) is 26.1 Å². The first-order chi connectivity index (χ1) is 12.8. The number of likely N-dealkylation sites (tertiary alicyclic amines) is 1. The maximum absolute atomic E-state index is 5.61. The summed E-state index contributed by atoms with van der Waals surface area (Å²) < 4.78 is 5.61. The van der Waals surface area contributed by atoms with Gasteiger partial charge in [0.1, 0.15) is 0 Å². The fourth-order valence-electron chi connectivity index (χ4n) is 3.47. The normalized spacial score (nSPS) is 16.7. The minimum absolute atomic E-state index is 0. The molecule has 146 valence electrons. The molecule has 1 aliphatic heterocycles. The second kappa shape index (κ2) is 11.1. The zero-order valence-electron chi connectivity index (χ0n) is 16.1. The van der Waals surface area contributed by atoms with E-state index in [1.54, 1.807) is 6.20 Å². The predicted molar refractivity (Wildman–Crippen MR) is 121 cm³/mol. The van der Waals surface area contributed by atoms with Crippen molar-refractivity contribution in [2.24, 2.45) is 10.9 Å². The Kier molecular flexibility index (Phi) is 8.84. The average Bonchev–Trinajstić information content (AvgIpc) is 3.13. The van der Waals surface area contributed by atoms with Gasteiger partial charge in [-0.25, -0.2) is 4.98 Å². The quantitative estimate of drug-likeness (QED) is 0.389. The van der Waals surface area contributed by atoms with E-state index in [4.69, 9.17) is 4.74 Å². The van der Waals surface area contributed by atoms with E-state index in [0.717, 1.165) is 31.0 Å². The molecular formula is C21H29IN4O. The van der Waals surface area contributed by atoms with E-state index in [1.165, 1.54) is 12.0 Å². The van der Waals surface area contributed by atoms with Gasteiger partial charge >= 0.3 is 0 Å². The Labute approximate surface area is 179 Å². The third-order valence-electron chi connectivity index (χ3n) is 4.73. The zero-order valence-corrected chi connectivity index (χ0v) is 18.4. The van der Waals surface area contributed by atoms with Gasteiger partial charge in [0.05, 0.1) is 6.61 Å². The summed E-state index contributed by atoms with van der Waals surface area (Å²) in [5.41, 5.74) is 2.47. The Morgan fingerprint density at radius 1 is 1.26 bits per heavy atom.